The summed E-state index contributed by atoms with van der Waals surface area (Å²) in [6, 6.07) is 1.24. The fourth-order valence-corrected chi connectivity index (χ4v) is 3.32. The van der Waals surface area contributed by atoms with E-state index in [1.165, 1.54) is 12.3 Å². The Morgan fingerprint density at radius 2 is 2.12 bits per heavy atom. The van der Waals surface area contributed by atoms with Crippen LogP contribution in [0.3, 0.4) is 0 Å². The first-order valence-corrected chi connectivity index (χ1v) is 8.27. The van der Waals surface area contributed by atoms with Gasteiger partial charge < -0.3 is 11.1 Å². The number of hydrogen-bond acceptors (Lipinski definition) is 4. The van der Waals surface area contributed by atoms with Crippen molar-refractivity contribution >= 4 is 11.6 Å². The Bertz CT molecular complexity index is 786. The zero-order valence-corrected chi connectivity index (χ0v) is 13.1. The molecule has 2 aliphatic rings. The smallest absolute Gasteiger partial charge is 0.280 e. The van der Waals surface area contributed by atoms with Crippen molar-refractivity contribution in [1.29, 1.82) is 0 Å². The van der Waals surface area contributed by atoms with Crippen LogP contribution in [0.5, 0.6) is 0 Å². The van der Waals surface area contributed by atoms with Gasteiger partial charge in [0.05, 0.1) is 6.20 Å². The fourth-order valence-electron chi connectivity index (χ4n) is 3.32. The maximum absolute atomic E-state index is 13.3. The summed E-state index contributed by atoms with van der Waals surface area (Å²) in [6.07, 6.45) is 3.19. The van der Waals surface area contributed by atoms with Crippen LogP contribution in [0.2, 0.25) is 0 Å². The van der Waals surface area contributed by atoms with E-state index in [2.05, 4.69) is 15.4 Å². The summed E-state index contributed by atoms with van der Waals surface area (Å²) in [4.78, 5) is 17.0. The van der Waals surface area contributed by atoms with E-state index in [1.807, 2.05) is 0 Å². The molecule has 0 radical (unpaired) electrons. The quantitative estimate of drug-likeness (QED) is 0.896. The van der Waals surface area contributed by atoms with Crippen LogP contribution in [-0.2, 0) is 0 Å². The molecular weight excluding hydrogens is 316 g/mol. The molecule has 24 heavy (non-hydrogen) atoms. The van der Waals surface area contributed by atoms with Gasteiger partial charge in [-0.05, 0) is 38.2 Å². The van der Waals surface area contributed by atoms with Gasteiger partial charge in [-0.1, -0.05) is 0 Å². The number of carbonyl (C=O) groups is 1. The molecule has 3 N–H and O–H groups in total. The highest BCUT2D eigenvalue weighted by atomic mass is 19.3. The molecule has 6 nitrogen and oxygen atoms in total. The number of hydrogen-bond donors (Lipinski definition) is 2. The average molecular weight is 335 g/mol. The van der Waals surface area contributed by atoms with Gasteiger partial charge in [-0.15, -0.1) is 0 Å². The van der Waals surface area contributed by atoms with Crippen molar-refractivity contribution in [3.8, 4) is 0 Å². The summed E-state index contributed by atoms with van der Waals surface area (Å²) in [5, 5.41) is 6.85. The second kappa shape index (κ2) is 5.77. The molecule has 0 bridgehead atoms. The van der Waals surface area contributed by atoms with Gasteiger partial charge in [0.25, 0.3) is 12.3 Å². The Kier molecular flexibility index (Phi) is 3.71. The molecule has 2 aromatic heterocycles. The lowest BCUT2D eigenvalue weighted by Crippen LogP contribution is -2.44. The average Bonchev–Trinajstić information content (AvgIpc) is 3.20. The Balaban J connectivity index is 1.71. The zero-order valence-electron chi connectivity index (χ0n) is 13.1. The minimum Gasteiger partial charge on any atom is -0.348 e. The predicted octanol–water partition coefficient (Wildman–Crippen LogP) is 2.15. The Morgan fingerprint density at radius 1 is 1.33 bits per heavy atom. The number of aromatic nitrogens is 3. The molecule has 0 saturated heterocycles. The van der Waals surface area contributed by atoms with Gasteiger partial charge in [0.1, 0.15) is 11.3 Å². The van der Waals surface area contributed by atoms with Crippen LogP contribution in [0.1, 0.15) is 66.2 Å². The molecular formula is C16H19F2N5O. The van der Waals surface area contributed by atoms with Crippen LogP contribution in [0.15, 0.2) is 12.3 Å². The molecule has 0 unspecified atom stereocenters. The molecule has 2 atom stereocenters. The first kappa shape index (κ1) is 15.4. The van der Waals surface area contributed by atoms with Crippen molar-refractivity contribution in [1.82, 2.24) is 19.9 Å². The Labute approximate surface area is 137 Å². The maximum atomic E-state index is 13.3. The third-order valence-corrected chi connectivity index (χ3v) is 4.87. The molecule has 2 fully saturated rings. The van der Waals surface area contributed by atoms with Gasteiger partial charge in [0, 0.05) is 23.7 Å². The van der Waals surface area contributed by atoms with Crippen molar-refractivity contribution in [2.24, 2.45) is 5.73 Å². The third kappa shape index (κ3) is 2.64. The molecule has 2 heterocycles. The van der Waals surface area contributed by atoms with Crippen molar-refractivity contribution < 1.29 is 13.6 Å². The lowest BCUT2D eigenvalue weighted by atomic mass is 10.1. The predicted molar refractivity (Wildman–Crippen MR) is 83.0 cm³/mol. The van der Waals surface area contributed by atoms with Crippen LogP contribution < -0.4 is 11.1 Å². The lowest BCUT2D eigenvalue weighted by molar-refractivity contribution is 0.0936. The SMILES string of the molecule is N[C@@H]1CCC[C@@H]1NC(=O)c1cnn2c(C(F)F)cc(C3CC3)nc12. The first-order valence-electron chi connectivity index (χ1n) is 8.27. The zero-order chi connectivity index (χ0) is 16.8. The molecule has 2 saturated carbocycles. The number of carbonyl (C=O) groups excluding carboxylic acids is 1. The van der Waals surface area contributed by atoms with E-state index in [0.29, 0.717) is 5.69 Å². The number of nitrogens with two attached hydrogens (primary N) is 1. The second-order valence-corrected chi connectivity index (χ2v) is 6.65. The minimum absolute atomic E-state index is 0.0672. The number of amides is 1. The molecule has 4 rings (SSSR count). The van der Waals surface area contributed by atoms with Crippen LogP contribution >= 0.6 is 0 Å². The molecule has 2 aliphatic carbocycles. The molecule has 8 heteroatoms. The van der Waals surface area contributed by atoms with E-state index < -0.39 is 6.43 Å². The number of alkyl halides is 2. The van der Waals surface area contributed by atoms with Crippen molar-refractivity contribution in [2.75, 3.05) is 0 Å². The monoisotopic (exact) mass is 335 g/mol. The molecule has 0 spiro atoms. The first-order chi connectivity index (χ1) is 11.5. The van der Waals surface area contributed by atoms with E-state index in [1.54, 1.807) is 0 Å². The van der Waals surface area contributed by atoms with Gasteiger partial charge >= 0.3 is 0 Å². The summed E-state index contributed by atoms with van der Waals surface area (Å²) in [7, 11) is 0. The molecule has 0 aromatic carbocycles. The lowest BCUT2D eigenvalue weighted by Gasteiger charge is -2.16. The minimum atomic E-state index is -2.67. The standard InChI is InChI=1S/C16H19F2N5O/c17-14(18)13-6-12(8-4-5-8)21-15-9(7-20-23(13)15)16(24)22-11-3-1-2-10(11)19/h6-8,10-11,14H,1-5,19H2,(H,22,24)/t10-,11+/m1/s1. The molecule has 0 aliphatic heterocycles. The molecule has 128 valence electrons. The van der Waals surface area contributed by atoms with Gasteiger partial charge in [0.15, 0.2) is 5.65 Å². The van der Waals surface area contributed by atoms with E-state index >= 15 is 0 Å². The number of rotatable bonds is 4. The van der Waals surface area contributed by atoms with Gasteiger partial charge in [-0.3, -0.25) is 4.79 Å². The third-order valence-electron chi connectivity index (χ3n) is 4.87. The van der Waals surface area contributed by atoms with Gasteiger partial charge in [-0.25, -0.2) is 18.3 Å². The van der Waals surface area contributed by atoms with E-state index in [-0.39, 0.29) is 40.8 Å². The highest BCUT2D eigenvalue weighted by molar-refractivity contribution is 5.99. The topological polar surface area (TPSA) is 85.3 Å². The highest BCUT2D eigenvalue weighted by Gasteiger charge is 2.30. The highest BCUT2D eigenvalue weighted by Crippen LogP contribution is 2.40. The van der Waals surface area contributed by atoms with Crippen molar-refractivity contribution in [3.05, 3.63) is 29.2 Å². The molecule has 2 aromatic rings. The number of fused-ring (bicyclic) bond motifs is 1. The van der Waals surface area contributed by atoms with E-state index in [0.717, 1.165) is 36.6 Å². The van der Waals surface area contributed by atoms with Crippen molar-refractivity contribution in [3.63, 3.8) is 0 Å². The number of nitrogens with zero attached hydrogens (tertiary/aromatic N) is 3. The maximum Gasteiger partial charge on any atom is 0.280 e. The number of halogens is 2. The summed E-state index contributed by atoms with van der Waals surface area (Å²) in [6.45, 7) is 0. The van der Waals surface area contributed by atoms with Crippen LogP contribution in [0.25, 0.3) is 5.65 Å². The number of nitrogens with one attached hydrogen (secondary N) is 1. The Hall–Kier alpha value is -2.09. The summed E-state index contributed by atoms with van der Waals surface area (Å²) in [5.41, 5.74) is 6.79. The van der Waals surface area contributed by atoms with Crippen LogP contribution in [-0.4, -0.2) is 32.6 Å². The Morgan fingerprint density at radius 3 is 2.75 bits per heavy atom. The fraction of sp³-hybridized carbons (Fsp3) is 0.562. The molecule has 1 amide bonds. The van der Waals surface area contributed by atoms with Crippen LogP contribution in [0.4, 0.5) is 8.78 Å². The van der Waals surface area contributed by atoms with Crippen molar-refractivity contribution in [2.45, 2.75) is 56.5 Å². The van der Waals surface area contributed by atoms with Crippen LogP contribution in [0, 0.1) is 0 Å². The van der Waals surface area contributed by atoms with Gasteiger partial charge in [-0.2, -0.15) is 5.10 Å². The normalized spacial score (nSPS) is 24.0. The largest absolute Gasteiger partial charge is 0.348 e. The summed E-state index contributed by atoms with van der Waals surface area (Å²) < 4.78 is 27.8. The van der Waals surface area contributed by atoms with E-state index in [4.69, 9.17) is 5.73 Å². The summed E-state index contributed by atoms with van der Waals surface area (Å²) in [5.74, 6) is -0.144. The second-order valence-electron chi connectivity index (χ2n) is 6.65. The van der Waals surface area contributed by atoms with Gasteiger partial charge in [0.2, 0.25) is 0 Å². The van der Waals surface area contributed by atoms with E-state index in [9.17, 15) is 13.6 Å². The summed E-state index contributed by atoms with van der Waals surface area (Å²) >= 11 is 0.